The predicted molar refractivity (Wildman–Crippen MR) is 107 cm³/mol. The van der Waals surface area contributed by atoms with Gasteiger partial charge in [-0.25, -0.2) is 0 Å². The van der Waals surface area contributed by atoms with Crippen molar-refractivity contribution in [3.8, 4) is 5.75 Å². The third kappa shape index (κ3) is 4.22. The van der Waals surface area contributed by atoms with E-state index in [1.54, 1.807) is 12.0 Å². The molecule has 1 aliphatic rings. The van der Waals surface area contributed by atoms with Gasteiger partial charge in [0.15, 0.2) is 6.10 Å². The number of carbonyl (C=O) groups excluding carboxylic acids is 2. The number of rotatable bonds is 5. The molecule has 27 heavy (non-hydrogen) atoms. The number of amides is 1. The number of nitrogens with zero attached hydrogens (tertiary/aromatic N) is 1. The zero-order chi connectivity index (χ0) is 19.4. The minimum absolute atomic E-state index is 0.274. The van der Waals surface area contributed by atoms with Crippen LogP contribution in [0.25, 0.3) is 0 Å². The molecule has 2 aromatic carbocycles. The van der Waals surface area contributed by atoms with E-state index in [0.717, 1.165) is 21.9 Å². The Balaban J connectivity index is 2.09. The maximum absolute atomic E-state index is 13.3. The SMILES string of the molecule is COc1ccc(C2Sc3ccccc3N(CCCl)C(=O)C2OC(C)=O)cc1. The minimum Gasteiger partial charge on any atom is -0.497 e. The van der Waals surface area contributed by atoms with Gasteiger partial charge in [0, 0.05) is 24.2 Å². The lowest BCUT2D eigenvalue weighted by Crippen LogP contribution is -2.43. The van der Waals surface area contributed by atoms with Gasteiger partial charge in [0.05, 0.1) is 18.0 Å². The van der Waals surface area contributed by atoms with Crippen molar-refractivity contribution < 1.29 is 19.1 Å². The highest BCUT2D eigenvalue weighted by atomic mass is 35.5. The molecule has 0 spiro atoms. The molecule has 2 aromatic rings. The molecule has 3 rings (SSSR count). The second kappa shape index (κ2) is 8.67. The zero-order valence-corrected chi connectivity index (χ0v) is 16.6. The van der Waals surface area contributed by atoms with Crippen molar-refractivity contribution in [2.24, 2.45) is 0 Å². The summed E-state index contributed by atoms with van der Waals surface area (Å²) < 4.78 is 10.7. The lowest BCUT2D eigenvalue weighted by molar-refractivity contribution is -0.152. The molecule has 1 heterocycles. The molecule has 7 heteroatoms. The summed E-state index contributed by atoms with van der Waals surface area (Å²) in [5.74, 6) is 0.232. The molecule has 0 fully saturated rings. The molecule has 0 saturated carbocycles. The summed E-state index contributed by atoms with van der Waals surface area (Å²) in [6.45, 7) is 1.65. The van der Waals surface area contributed by atoms with Gasteiger partial charge in [0.1, 0.15) is 5.75 Å². The number of anilines is 1. The van der Waals surface area contributed by atoms with Crippen LogP contribution in [-0.4, -0.2) is 37.5 Å². The van der Waals surface area contributed by atoms with Crippen LogP contribution in [0.4, 0.5) is 5.69 Å². The fourth-order valence-electron chi connectivity index (χ4n) is 3.02. The number of thioether (sulfide) groups is 1. The van der Waals surface area contributed by atoms with E-state index in [9.17, 15) is 9.59 Å². The molecule has 1 amide bonds. The maximum atomic E-state index is 13.3. The summed E-state index contributed by atoms with van der Waals surface area (Å²) in [5.41, 5.74) is 1.66. The second-order valence-corrected chi connectivity index (χ2v) is 7.55. The van der Waals surface area contributed by atoms with Crippen LogP contribution in [0.5, 0.6) is 5.75 Å². The van der Waals surface area contributed by atoms with Gasteiger partial charge < -0.3 is 14.4 Å². The van der Waals surface area contributed by atoms with Crippen LogP contribution in [0.15, 0.2) is 53.4 Å². The third-order valence-corrected chi connectivity index (χ3v) is 5.78. The molecule has 0 N–H and O–H groups in total. The lowest BCUT2D eigenvalue weighted by atomic mass is 10.1. The van der Waals surface area contributed by atoms with Crippen molar-refractivity contribution in [3.05, 3.63) is 54.1 Å². The van der Waals surface area contributed by atoms with Gasteiger partial charge >= 0.3 is 5.97 Å². The second-order valence-electron chi connectivity index (χ2n) is 5.99. The molecule has 0 aromatic heterocycles. The summed E-state index contributed by atoms with van der Waals surface area (Å²) in [4.78, 5) is 27.6. The molecule has 2 atom stereocenters. The quantitative estimate of drug-likeness (QED) is 0.555. The monoisotopic (exact) mass is 405 g/mol. The number of ether oxygens (including phenoxy) is 2. The smallest absolute Gasteiger partial charge is 0.303 e. The number of halogens is 1. The van der Waals surface area contributed by atoms with Crippen molar-refractivity contribution in [3.63, 3.8) is 0 Å². The van der Waals surface area contributed by atoms with Gasteiger partial charge in [-0.1, -0.05) is 24.3 Å². The lowest BCUT2D eigenvalue weighted by Gasteiger charge is -2.27. The third-order valence-electron chi connectivity index (χ3n) is 4.24. The Kier molecular flexibility index (Phi) is 6.29. The number of methoxy groups -OCH3 is 1. The van der Waals surface area contributed by atoms with Crippen LogP contribution in [0.3, 0.4) is 0 Å². The van der Waals surface area contributed by atoms with Gasteiger partial charge in [-0.15, -0.1) is 23.4 Å². The van der Waals surface area contributed by atoms with E-state index in [1.165, 1.54) is 18.7 Å². The van der Waals surface area contributed by atoms with Crippen LogP contribution in [-0.2, 0) is 14.3 Å². The van der Waals surface area contributed by atoms with Gasteiger partial charge in [-0.3, -0.25) is 9.59 Å². The molecular weight excluding hydrogens is 386 g/mol. The van der Waals surface area contributed by atoms with Crippen molar-refractivity contribution in [1.29, 1.82) is 0 Å². The number of fused-ring (bicyclic) bond motifs is 1. The first-order valence-corrected chi connectivity index (χ1v) is 9.90. The molecule has 1 aliphatic heterocycles. The van der Waals surface area contributed by atoms with E-state index in [1.807, 2.05) is 48.5 Å². The summed E-state index contributed by atoms with van der Waals surface area (Å²) in [7, 11) is 1.60. The van der Waals surface area contributed by atoms with Crippen molar-refractivity contribution in [2.45, 2.75) is 23.2 Å². The summed E-state index contributed by atoms with van der Waals surface area (Å²) in [6, 6.07) is 15.1. The van der Waals surface area contributed by atoms with E-state index >= 15 is 0 Å². The fraction of sp³-hybridized carbons (Fsp3) is 0.300. The molecule has 2 unspecified atom stereocenters. The summed E-state index contributed by atoms with van der Waals surface area (Å²) >= 11 is 7.44. The molecule has 142 valence electrons. The van der Waals surface area contributed by atoms with Gasteiger partial charge in [0.2, 0.25) is 0 Å². The number of carbonyl (C=O) groups is 2. The van der Waals surface area contributed by atoms with Crippen molar-refractivity contribution in [1.82, 2.24) is 0 Å². The number of hydrogen-bond acceptors (Lipinski definition) is 5. The van der Waals surface area contributed by atoms with Crippen molar-refractivity contribution >= 4 is 40.9 Å². The minimum atomic E-state index is -0.948. The average molecular weight is 406 g/mol. The average Bonchev–Trinajstić information content (AvgIpc) is 2.78. The first kappa shape index (κ1) is 19.6. The Bertz CT molecular complexity index is 827. The molecule has 0 aliphatic carbocycles. The predicted octanol–water partition coefficient (Wildman–Crippen LogP) is 4.05. The van der Waals surface area contributed by atoms with Crippen LogP contribution in [0, 0.1) is 0 Å². The Hall–Kier alpha value is -2.18. The van der Waals surface area contributed by atoms with E-state index in [-0.39, 0.29) is 17.0 Å². The first-order valence-electron chi connectivity index (χ1n) is 8.49. The highest BCUT2D eigenvalue weighted by molar-refractivity contribution is 7.99. The largest absolute Gasteiger partial charge is 0.497 e. The normalized spacial score (nSPS) is 19.2. The zero-order valence-electron chi connectivity index (χ0n) is 15.1. The highest BCUT2D eigenvalue weighted by Gasteiger charge is 2.40. The summed E-state index contributed by atoms with van der Waals surface area (Å²) in [5, 5.41) is -0.381. The number of hydrogen-bond donors (Lipinski definition) is 0. The summed E-state index contributed by atoms with van der Waals surface area (Å²) in [6.07, 6.45) is -0.948. The van der Waals surface area contributed by atoms with E-state index < -0.39 is 12.1 Å². The Labute approximate surface area is 167 Å². The maximum Gasteiger partial charge on any atom is 0.303 e. The fourth-order valence-corrected chi connectivity index (χ4v) is 4.51. The molecule has 5 nitrogen and oxygen atoms in total. The number of esters is 1. The number of alkyl halides is 1. The first-order chi connectivity index (χ1) is 13.0. The standard InChI is InChI=1S/C20H20ClNO4S/c1-13(23)26-18-19(14-7-9-15(25-2)10-8-14)27-17-6-4-3-5-16(17)22(12-11-21)20(18)24/h3-10,18-19H,11-12H2,1-2H3. The van der Waals surface area contributed by atoms with E-state index in [2.05, 4.69) is 0 Å². The van der Waals surface area contributed by atoms with Gasteiger partial charge in [-0.2, -0.15) is 0 Å². The Morgan fingerprint density at radius 3 is 2.52 bits per heavy atom. The molecular formula is C20H20ClNO4S. The molecule has 0 saturated heterocycles. The van der Waals surface area contributed by atoms with Crippen LogP contribution in [0.1, 0.15) is 17.7 Å². The number of benzene rings is 2. The Morgan fingerprint density at radius 1 is 1.19 bits per heavy atom. The topological polar surface area (TPSA) is 55.8 Å². The van der Waals surface area contributed by atoms with Crippen LogP contribution < -0.4 is 9.64 Å². The van der Waals surface area contributed by atoms with Gasteiger partial charge in [-0.05, 0) is 29.8 Å². The highest BCUT2D eigenvalue weighted by Crippen LogP contribution is 2.46. The number of para-hydroxylation sites is 1. The van der Waals surface area contributed by atoms with Crippen molar-refractivity contribution in [2.75, 3.05) is 24.4 Å². The van der Waals surface area contributed by atoms with Crippen LogP contribution >= 0.6 is 23.4 Å². The molecule has 0 radical (unpaired) electrons. The molecule has 0 bridgehead atoms. The van der Waals surface area contributed by atoms with Gasteiger partial charge in [0.25, 0.3) is 5.91 Å². The van der Waals surface area contributed by atoms with E-state index in [0.29, 0.717) is 6.54 Å². The van der Waals surface area contributed by atoms with Crippen LogP contribution in [0.2, 0.25) is 0 Å². The van der Waals surface area contributed by atoms with E-state index in [4.69, 9.17) is 21.1 Å². The Morgan fingerprint density at radius 2 is 1.89 bits per heavy atom.